The minimum absolute atomic E-state index is 0.318. The van der Waals surface area contributed by atoms with Crippen LogP contribution in [0.1, 0.15) is 59.8 Å². The molecule has 0 spiro atoms. The van der Waals surface area contributed by atoms with E-state index in [1.807, 2.05) is 25.3 Å². The molecule has 0 aromatic carbocycles. The molecule has 1 fully saturated rings. The molecule has 0 atom stereocenters. The summed E-state index contributed by atoms with van der Waals surface area (Å²) < 4.78 is 27.9. The Kier molecular flexibility index (Phi) is 5.11. The standard InChI is InChI=1S/C23H24F2N6O/c1-2-26-22-27-12-17-16(5-3-4-6-19(17)30-22)14-7-8-31-20(9-14)18(13-28-31)21(32)29-15-10-23(24,25)11-15/h5,7-9,12-13,15H,2-4,6,10-11H2,1H3,(H,29,32)(H,26,27,30). The molecule has 1 amide bonds. The molecule has 1 saturated carbocycles. The zero-order valence-electron chi connectivity index (χ0n) is 17.7. The Morgan fingerprint density at radius 3 is 2.94 bits per heavy atom. The molecule has 3 aromatic heterocycles. The first kappa shape index (κ1) is 20.5. The van der Waals surface area contributed by atoms with Crippen molar-refractivity contribution in [1.29, 1.82) is 0 Å². The van der Waals surface area contributed by atoms with Crippen LogP contribution in [0.2, 0.25) is 0 Å². The van der Waals surface area contributed by atoms with Crippen molar-refractivity contribution in [2.45, 2.75) is 51.0 Å². The second-order valence-corrected chi connectivity index (χ2v) is 8.33. The summed E-state index contributed by atoms with van der Waals surface area (Å²) in [4.78, 5) is 21.9. The number of aromatic nitrogens is 4. The summed E-state index contributed by atoms with van der Waals surface area (Å²) in [7, 11) is 0. The van der Waals surface area contributed by atoms with E-state index in [1.165, 1.54) is 6.20 Å². The minimum atomic E-state index is -2.68. The number of fused-ring (bicyclic) bond motifs is 2. The highest BCUT2D eigenvalue weighted by atomic mass is 19.3. The zero-order chi connectivity index (χ0) is 22.3. The number of alkyl halides is 2. The summed E-state index contributed by atoms with van der Waals surface area (Å²) >= 11 is 0. The van der Waals surface area contributed by atoms with E-state index in [2.05, 4.69) is 26.8 Å². The average molecular weight is 438 g/mol. The number of nitrogens with one attached hydrogen (secondary N) is 2. The van der Waals surface area contributed by atoms with Gasteiger partial charge in [0.25, 0.3) is 11.8 Å². The Bertz CT molecular complexity index is 1210. The van der Waals surface area contributed by atoms with Crippen LogP contribution in [-0.4, -0.2) is 44.0 Å². The second-order valence-electron chi connectivity index (χ2n) is 8.33. The molecule has 0 bridgehead atoms. The molecule has 7 nitrogen and oxygen atoms in total. The lowest BCUT2D eigenvalue weighted by Crippen LogP contribution is -2.50. The smallest absolute Gasteiger partial charge is 0.255 e. The first-order valence-electron chi connectivity index (χ1n) is 10.9. The molecule has 5 rings (SSSR count). The zero-order valence-corrected chi connectivity index (χ0v) is 17.7. The minimum Gasteiger partial charge on any atom is -0.354 e. The average Bonchev–Trinajstić information content (AvgIpc) is 3.05. The van der Waals surface area contributed by atoms with Crippen molar-refractivity contribution < 1.29 is 13.6 Å². The summed E-state index contributed by atoms with van der Waals surface area (Å²) in [5.41, 5.74) is 4.94. The van der Waals surface area contributed by atoms with Crippen LogP contribution in [-0.2, 0) is 6.42 Å². The number of hydrogen-bond acceptors (Lipinski definition) is 5. The van der Waals surface area contributed by atoms with Gasteiger partial charge < -0.3 is 10.6 Å². The molecule has 2 aliphatic carbocycles. The fourth-order valence-electron chi connectivity index (χ4n) is 4.32. The molecule has 0 radical (unpaired) electrons. The number of halogens is 2. The lowest BCUT2D eigenvalue weighted by atomic mass is 9.88. The van der Waals surface area contributed by atoms with Gasteiger partial charge in [0.1, 0.15) is 0 Å². The van der Waals surface area contributed by atoms with Crippen LogP contribution < -0.4 is 10.6 Å². The Morgan fingerprint density at radius 2 is 2.16 bits per heavy atom. The van der Waals surface area contributed by atoms with Gasteiger partial charge in [-0.2, -0.15) is 5.10 Å². The normalized spacial score (nSPS) is 17.8. The van der Waals surface area contributed by atoms with Crippen LogP contribution in [0.25, 0.3) is 11.1 Å². The third-order valence-electron chi connectivity index (χ3n) is 5.96. The quantitative estimate of drug-likeness (QED) is 0.632. The highest BCUT2D eigenvalue weighted by molar-refractivity contribution is 6.01. The fourth-order valence-corrected chi connectivity index (χ4v) is 4.32. The van der Waals surface area contributed by atoms with E-state index in [4.69, 9.17) is 4.98 Å². The van der Waals surface area contributed by atoms with Gasteiger partial charge in [-0.25, -0.2) is 23.3 Å². The van der Waals surface area contributed by atoms with E-state index in [-0.39, 0.29) is 18.7 Å². The van der Waals surface area contributed by atoms with E-state index >= 15 is 0 Å². The van der Waals surface area contributed by atoms with Gasteiger partial charge >= 0.3 is 0 Å². The number of anilines is 1. The van der Waals surface area contributed by atoms with E-state index in [0.717, 1.165) is 48.2 Å². The summed E-state index contributed by atoms with van der Waals surface area (Å²) in [6, 6.07) is 3.36. The predicted molar refractivity (Wildman–Crippen MR) is 117 cm³/mol. The molecular formula is C23H24F2N6O. The van der Waals surface area contributed by atoms with Crippen LogP contribution in [0.15, 0.2) is 36.8 Å². The largest absolute Gasteiger partial charge is 0.354 e. The summed E-state index contributed by atoms with van der Waals surface area (Å²) in [6.45, 7) is 2.76. The number of pyridine rings is 1. The van der Waals surface area contributed by atoms with Crippen molar-refractivity contribution >= 4 is 22.9 Å². The molecular weight excluding hydrogens is 414 g/mol. The fraction of sp³-hybridized carbons (Fsp3) is 0.391. The van der Waals surface area contributed by atoms with Gasteiger partial charge in [0.15, 0.2) is 0 Å². The topological polar surface area (TPSA) is 84.2 Å². The van der Waals surface area contributed by atoms with Crippen molar-refractivity contribution in [3.63, 3.8) is 0 Å². The number of nitrogens with zero attached hydrogens (tertiary/aromatic N) is 4. The van der Waals surface area contributed by atoms with Gasteiger partial charge in [0, 0.05) is 43.4 Å². The van der Waals surface area contributed by atoms with E-state index in [9.17, 15) is 13.6 Å². The molecule has 3 heterocycles. The predicted octanol–water partition coefficient (Wildman–Crippen LogP) is 3.85. The molecule has 32 heavy (non-hydrogen) atoms. The van der Waals surface area contributed by atoms with Gasteiger partial charge in [-0.1, -0.05) is 6.08 Å². The van der Waals surface area contributed by atoms with Crippen molar-refractivity contribution in [2.24, 2.45) is 0 Å². The second kappa shape index (κ2) is 7.96. The molecule has 0 aliphatic heterocycles. The van der Waals surface area contributed by atoms with Crippen LogP contribution in [0.3, 0.4) is 0 Å². The Hall–Kier alpha value is -3.36. The number of carbonyl (C=O) groups is 1. The molecule has 2 aliphatic rings. The van der Waals surface area contributed by atoms with E-state index < -0.39 is 12.0 Å². The molecule has 3 aromatic rings. The molecule has 2 N–H and O–H groups in total. The van der Waals surface area contributed by atoms with Gasteiger partial charge in [0.2, 0.25) is 5.95 Å². The van der Waals surface area contributed by atoms with Gasteiger partial charge in [-0.3, -0.25) is 4.79 Å². The van der Waals surface area contributed by atoms with Crippen molar-refractivity contribution in [1.82, 2.24) is 24.9 Å². The molecule has 0 saturated heterocycles. The maximum absolute atomic E-state index is 13.1. The third-order valence-corrected chi connectivity index (χ3v) is 5.96. The first-order chi connectivity index (χ1) is 15.4. The van der Waals surface area contributed by atoms with E-state index in [0.29, 0.717) is 17.0 Å². The van der Waals surface area contributed by atoms with E-state index in [1.54, 1.807) is 10.7 Å². The van der Waals surface area contributed by atoms with Crippen LogP contribution in [0, 0.1) is 0 Å². The molecule has 9 heteroatoms. The highest BCUT2D eigenvalue weighted by Gasteiger charge is 2.46. The van der Waals surface area contributed by atoms with Gasteiger partial charge in [-0.15, -0.1) is 0 Å². The van der Waals surface area contributed by atoms with Crippen LogP contribution in [0.4, 0.5) is 14.7 Å². The molecule has 166 valence electrons. The highest BCUT2D eigenvalue weighted by Crippen LogP contribution is 2.37. The third kappa shape index (κ3) is 3.83. The number of carbonyl (C=O) groups excluding carboxylic acids is 1. The maximum atomic E-state index is 13.1. The van der Waals surface area contributed by atoms with Crippen molar-refractivity contribution in [2.75, 3.05) is 11.9 Å². The number of allylic oxidation sites excluding steroid dienone is 1. The first-order valence-corrected chi connectivity index (χ1v) is 10.9. The Labute approximate surface area is 184 Å². The number of amides is 1. The number of aryl methyl sites for hydroxylation is 1. The van der Waals surface area contributed by atoms with Crippen molar-refractivity contribution in [3.8, 4) is 0 Å². The number of rotatable bonds is 5. The SMILES string of the molecule is CCNc1ncc2c(n1)CCCC=C2c1ccn2ncc(C(=O)NC3CC(F)(F)C3)c2c1. The summed E-state index contributed by atoms with van der Waals surface area (Å²) in [5.74, 6) is -2.44. The lowest BCUT2D eigenvalue weighted by Gasteiger charge is -2.35. The lowest BCUT2D eigenvalue weighted by molar-refractivity contribution is -0.0901. The van der Waals surface area contributed by atoms with Gasteiger partial charge in [0.05, 0.1) is 23.0 Å². The molecule has 0 unspecified atom stereocenters. The van der Waals surface area contributed by atoms with Crippen LogP contribution in [0.5, 0.6) is 0 Å². The van der Waals surface area contributed by atoms with Gasteiger partial charge in [-0.05, 0) is 49.5 Å². The van der Waals surface area contributed by atoms with Crippen LogP contribution >= 0.6 is 0 Å². The van der Waals surface area contributed by atoms with Crippen molar-refractivity contribution in [3.05, 3.63) is 59.2 Å². The summed E-state index contributed by atoms with van der Waals surface area (Å²) in [6.07, 6.45) is 9.45. The Morgan fingerprint density at radius 1 is 1.31 bits per heavy atom. The monoisotopic (exact) mass is 438 g/mol. The maximum Gasteiger partial charge on any atom is 0.255 e. The summed E-state index contributed by atoms with van der Waals surface area (Å²) in [5, 5.41) is 10.1. The Balaban J connectivity index is 1.47. The number of hydrogen-bond donors (Lipinski definition) is 2.